The summed E-state index contributed by atoms with van der Waals surface area (Å²) in [5, 5.41) is 2.71. The van der Waals surface area contributed by atoms with Crippen molar-refractivity contribution in [1.82, 2.24) is 9.38 Å². The maximum atomic E-state index is 10.6. The Morgan fingerprint density at radius 3 is 2.85 bits per heavy atom. The largest absolute Gasteiger partial charge is 0.328 e. The van der Waals surface area contributed by atoms with Crippen LogP contribution in [0.5, 0.6) is 0 Å². The molecule has 0 spiro atoms. The van der Waals surface area contributed by atoms with Gasteiger partial charge < -0.3 is 9.72 Å². The van der Waals surface area contributed by atoms with Gasteiger partial charge in [-0.25, -0.2) is 4.98 Å². The van der Waals surface area contributed by atoms with Gasteiger partial charge in [0.1, 0.15) is 5.65 Å². The second-order valence-electron chi connectivity index (χ2n) is 4.89. The lowest BCUT2D eigenvalue weighted by Gasteiger charge is -2.05. The molecule has 4 nitrogen and oxygen atoms in total. The molecule has 3 rings (SSSR count). The van der Waals surface area contributed by atoms with Crippen molar-refractivity contribution in [2.24, 2.45) is 0 Å². The maximum Gasteiger partial charge on any atom is 0.211 e. The molecule has 100 valence electrons. The minimum Gasteiger partial charge on any atom is -0.328 e. The number of hydrogen-bond acceptors (Lipinski definition) is 2. The van der Waals surface area contributed by atoms with Gasteiger partial charge in [0.15, 0.2) is 0 Å². The highest BCUT2D eigenvalue weighted by atomic mass is 16.1. The zero-order valence-corrected chi connectivity index (χ0v) is 11.4. The summed E-state index contributed by atoms with van der Waals surface area (Å²) in [5.41, 5.74) is 5.82. The van der Waals surface area contributed by atoms with Crippen LogP contribution >= 0.6 is 0 Å². The summed E-state index contributed by atoms with van der Waals surface area (Å²) in [6.07, 6.45) is 4.68. The third-order valence-corrected chi connectivity index (χ3v) is 3.36. The number of nitrogens with one attached hydrogen (secondary N) is 1. The van der Waals surface area contributed by atoms with E-state index in [-0.39, 0.29) is 0 Å². The number of aryl methyl sites for hydroxylation is 2. The highest BCUT2D eigenvalue weighted by Gasteiger charge is 2.06. The first-order chi connectivity index (χ1) is 9.67. The van der Waals surface area contributed by atoms with Gasteiger partial charge in [-0.05, 0) is 43.2 Å². The predicted octanol–water partition coefficient (Wildman–Crippen LogP) is 3.19. The van der Waals surface area contributed by atoms with E-state index in [0.29, 0.717) is 6.41 Å². The number of hydrogen-bond donors (Lipinski definition) is 1. The number of imidazole rings is 1. The Morgan fingerprint density at radius 2 is 2.05 bits per heavy atom. The van der Waals surface area contributed by atoms with E-state index < -0.39 is 0 Å². The van der Waals surface area contributed by atoms with E-state index in [2.05, 4.69) is 10.3 Å². The van der Waals surface area contributed by atoms with Crippen LogP contribution in [0, 0.1) is 13.8 Å². The Morgan fingerprint density at radius 1 is 1.20 bits per heavy atom. The lowest BCUT2D eigenvalue weighted by atomic mass is 10.1. The van der Waals surface area contributed by atoms with E-state index in [1.54, 1.807) is 0 Å². The number of benzene rings is 1. The summed E-state index contributed by atoms with van der Waals surface area (Å²) in [6.45, 7) is 4.01. The van der Waals surface area contributed by atoms with Gasteiger partial charge in [0.05, 0.1) is 5.69 Å². The third kappa shape index (κ3) is 2.16. The van der Waals surface area contributed by atoms with Crippen LogP contribution in [-0.4, -0.2) is 15.8 Å². The van der Waals surface area contributed by atoms with Crippen LogP contribution in [0.4, 0.5) is 5.69 Å². The van der Waals surface area contributed by atoms with Crippen molar-refractivity contribution in [2.75, 3.05) is 5.32 Å². The summed E-state index contributed by atoms with van der Waals surface area (Å²) >= 11 is 0. The van der Waals surface area contributed by atoms with Gasteiger partial charge in [-0.15, -0.1) is 0 Å². The molecule has 1 N–H and O–H groups in total. The first-order valence-corrected chi connectivity index (χ1v) is 6.44. The van der Waals surface area contributed by atoms with Gasteiger partial charge in [0.25, 0.3) is 0 Å². The molecule has 20 heavy (non-hydrogen) atoms. The minimum absolute atomic E-state index is 0.694. The van der Waals surface area contributed by atoms with Gasteiger partial charge in [0, 0.05) is 23.6 Å². The van der Waals surface area contributed by atoms with Crippen LogP contribution in [0.15, 0.2) is 42.7 Å². The molecule has 4 heteroatoms. The second-order valence-corrected chi connectivity index (χ2v) is 4.89. The fraction of sp³-hybridized carbons (Fsp3) is 0.125. The monoisotopic (exact) mass is 265 g/mol. The molecule has 0 bridgehead atoms. The Hall–Kier alpha value is -2.62. The van der Waals surface area contributed by atoms with Gasteiger partial charge in [-0.1, -0.05) is 12.1 Å². The SMILES string of the molecule is Cc1ccn2cc(-c3ccc(C)c(NC=O)c3)nc2c1. The normalized spacial score (nSPS) is 10.7. The average molecular weight is 265 g/mol. The molecule has 0 saturated carbocycles. The van der Waals surface area contributed by atoms with Crippen molar-refractivity contribution in [3.8, 4) is 11.3 Å². The molecule has 0 aliphatic carbocycles. The molecule has 1 aromatic carbocycles. The van der Waals surface area contributed by atoms with E-state index in [1.807, 2.05) is 61.0 Å². The Kier molecular flexibility index (Phi) is 2.99. The number of nitrogens with zero attached hydrogens (tertiary/aromatic N) is 2. The van der Waals surface area contributed by atoms with Crippen LogP contribution in [0.25, 0.3) is 16.9 Å². The molecular weight excluding hydrogens is 250 g/mol. The molecule has 0 unspecified atom stereocenters. The molecule has 2 aromatic heterocycles. The fourth-order valence-electron chi connectivity index (χ4n) is 2.22. The van der Waals surface area contributed by atoms with Gasteiger partial charge in [0.2, 0.25) is 6.41 Å². The molecule has 0 fully saturated rings. The first-order valence-electron chi connectivity index (χ1n) is 6.44. The Labute approximate surface area is 117 Å². The number of rotatable bonds is 3. The fourth-order valence-corrected chi connectivity index (χ4v) is 2.22. The molecule has 0 aliphatic rings. The maximum absolute atomic E-state index is 10.6. The predicted molar refractivity (Wildman–Crippen MR) is 79.8 cm³/mol. The standard InChI is InChI=1S/C16H15N3O/c1-11-5-6-19-9-15(18-16(19)7-11)13-4-3-12(2)14(8-13)17-10-20/h3-10H,1-2H3,(H,17,20). The zero-order valence-electron chi connectivity index (χ0n) is 11.4. The van der Waals surface area contributed by atoms with Gasteiger partial charge in [-0.2, -0.15) is 0 Å². The molecular formula is C16H15N3O. The number of pyridine rings is 1. The summed E-state index contributed by atoms with van der Waals surface area (Å²) in [5.74, 6) is 0. The van der Waals surface area contributed by atoms with E-state index in [4.69, 9.17) is 0 Å². The Bertz CT molecular complexity index is 790. The van der Waals surface area contributed by atoms with Crippen LogP contribution in [-0.2, 0) is 4.79 Å². The number of aromatic nitrogens is 2. The van der Waals surface area contributed by atoms with E-state index >= 15 is 0 Å². The van der Waals surface area contributed by atoms with Gasteiger partial charge >= 0.3 is 0 Å². The van der Waals surface area contributed by atoms with E-state index in [1.165, 1.54) is 5.56 Å². The first kappa shape index (κ1) is 12.4. The third-order valence-electron chi connectivity index (χ3n) is 3.36. The number of carbonyl (C=O) groups is 1. The molecule has 3 aromatic rings. The van der Waals surface area contributed by atoms with Crippen molar-refractivity contribution < 1.29 is 4.79 Å². The van der Waals surface area contributed by atoms with Crippen molar-refractivity contribution in [2.45, 2.75) is 13.8 Å². The minimum atomic E-state index is 0.694. The Balaban J connectivity index is 2.10. The van der Waals surface area contributed by atoms with Crippen LogP contribution in [0.3, 0.4) is 0 Å². The lowest BCUT2D eigenvalue weighted by Crippen LogP contribution is -1.96. The summed E-state index contributed by atoms with van der Waals surface area (Å²) in [7, 11) is 0. The highest BCUT2D eigenvalue weighted by Crippen LogP contribution is 2.25. The topological polar surface area (TPSA) is 46.4 Å². The highest BCUT2D eigenvalue weighted by molar-refractivity contribution is 5.77. The summed E-state index contributed by atoms with van der Waals surface area (Å²) in [6, 6.07) is 10.0. The van der Waals surface area contributed by atoms with E-state index in [9.17, 15) is 4.79 Å². The van der Waals surface area contributed by atoms with Crippen molar-refractivity contribution in [1.29, 1.82) is 0 Å². The van der Waals surface area contributed by atoms with Crippen LogP contribution in [0.2, 0.25) is 0 Å². The zero-order chi connectivity index (χ0) is 14.1. The van der Waals surface area contributed by atoms with Crippen molar-refractivity contribution in [3.63, 3.8) is 0 Å². The van der Waals surface area contributed by atoms with Crippen molar-refractivity contribution in [3.05, 3.63) is 53.9 Å². The molecule has 1 amide bonds. The second kappa shape index (κ2) is 4.81. The quantitative estimate of drug-likeness (QED) is 0.739. The lowest BCUT2D eigenvalue weighted by molar-refractivity contribution is -0.105. The number of anilines is 1. The molecule has 0 aliphatic heterocycles. The number of carbonyl (C=O) groups excluding carboxylic acids is 1. The van der Waals surface area contributed by atoms with E-state index in [0.717, 1.165) is 28.2 Å². The van der Waals surface area contributed by atoms with Crippen molar-refractivity contribution >= 4 is 17.7 Å². The summed E-state index contributed by atoms with van der Waals surface area (Å²) < 4.78 is 2.00. The number of fused-ring (bicyclic) bond motifs is 1. The molecule has 0 saturated heterocycles. The average Bonchev–Trinajstić information content (AvgIpc) is 2.84. The van der Waals surface area contributed by atoms with Crippen LogP contribution in [0.1, 0.15) is 11.1 Å². The number of amides is 1. The van der Waals surface area contributed by atoms with Crippen LogP contribution < -0.4 is 5.32 Å². The van der Waals surface area contributed by atoms with Gasteiger partial charge in [-0.3, -0.25) is 4.79 Å². The molecule has 0 atom stereocenters. The molecule has 0 radical (unpaired) electrons. The smallest absolute Gasteiger partial charge is 0.211 e. The summed E-state index contributed by atoms with van der Waals surface area (Å²) in [4.78, 5) is 15.2. The molecule has 2 heterocycles.